The average Bonchev–Trinajstić information content (AvgIpc) is 1.88. The van der Waals surface area contributed by atoms with Crippen LogP contribution in [0.25, 0.3) is 0 Å². The third-order valence-electron chi connectivity index (χ3n) is 2.30. The predicted molar refractivity (Wildman–Crippen MR) is 51.5 cm³/mol. The Balaban J connectivity index is 4.54. The van der Waals surface area contributed by atoms with E-state index in [1.165, 1.54) is 11.1 Å². The SMILES string of the molecule is CC/C(=C(\C)C(C)C)C(C)N. The van der Waals surface area contributed by atoms with Gasteiger partial charge in [0, 0.05) is 6.04 Å². The second-order valence-corrected chi connectivity index (χ2v) is 3.51. The van der Waals surface area contributed by atoms with Crippen LogP contribution in [0.15, 0.2) is 11.1 Å². The van der Waals surface area contributed by atoms with Crippen molar-refractivity contribution in [1.29, 1.82) is 0 Å². The van der Waals surface area contributed by atoms with Gasteiger partial charge < -0.3 is 5.73 Å². The van der Waals surface area contributed by atoms with Gasteiger partial charge in [-0.3, -0.25) is 0 Å². The van der Waals surface area contributed by atoms with Gasteiger partial charge in [-0.25, -0.2) is 0 Å². The van der Waals surface area contributed by atoms with E-state index in [0.29, 0.717) is 5.92 Å². The van der Waals surface area contributed by atoms with Crippen molar-refractivity contribution in [1.82, 2.24) is 0 Å². The van der Waals surface area contributed by atoms with Crippen LogP contribution in [0, 0.1) is 5.92 Å². The zero-order chi connectivity index (χ0) is 9.02. The molecule has 2 N–H and O–H groups in total. The molecule has 11 heavy (non-hydrogen) atoms. The van der Waals surface area contributed by atoms with Crippen molar-refractivity contribution in [2.45, 2.75) is 47.1 Å². The van der Waals surface area contributed by atoms with Crippen LogP contribution in [0.2, 0.25) is 0 Å². The lowest BCUT2D eigenvalue weighted by molar-refractivity contribution is 0.706. The summed E-state index contributed by atoms with van der Waals surface area (Å²) in [6.45, 7) is 10.9. The van der Waals surface area contributed by atoms with E-state index in [0.717, 1.165) is 6.42 Å². The molecule has 0 spiro atoms. The molecule has 1 unspecified atom stereocenters. The van der Waals surface area contributed by atoms with Crippen LogP contribution in [-0.2, 0) is 0 Å². The molecule has 0 aliphatic heterocycles. The number of hydrogen-bond donors (Lipinski definition) is 1. The second kappa shape index (κ2) is 4.55. The quantitative estimate of drug-likeness (QED) is 0.623. The Kier molecular flexibility index (Phi) is 4.43. The molecule has 0 aliphatic rings. The van der Waals surface area contributed by atoms with Crippen LogP contribution in [0.1, 0.15) is 41.0 Å². The number of allylic oxidation sites excluding steroid dienone is 1. The van der Waals surface area contributed by atoms with Crippen molar-refractivity contribution in [2.24, 2.45) is 11.7 Å². The van der Waals surface area contributed by atoms with Gasteiger partial charge in [-0.1, -0.05) is 31.9 Å². The van der Waals surface area contributed by atoms with Gasteiger partial charge in [0.15, 0.2) is 0 Å². The van der Waals surface area contributed by atoms with E-state index < -0.39 is 0 Å². The van der Waals surface area contributed by atoms with Crippen LogP contribution >= 0.6 is 0 Å². The topological polar surface area (TPSA) is 26.0 Å². The highest BCUT2D eigenvalue weighted by molar-refractivity contribution is 5.18. The van der Waals surface area contributed by atoms with E-state index in [4.69, 9.17) is 5.73 Å². The number of nitrogens with two attached hydrogens (primary N) is 1. The van der Waals surface area contributed by atoms with E-state index in [9.17, 15) is 0 Å². The summed E-state index contributed by atoms with van der Waals surface area (Å²) in [5, 5.41) is 0. The molecule has 66 valence electrons. The van der Waals surface area contributed by atoms with Crippen molar-refractivity contribution >= 4 is 0 Å². The normalized spacial score (nSPS) is 16.6. The maximum atomic E-state index is 5.83. The van der Waals surface area contributed by atoms with Gasteiger partial charge in [0.1, 0.15) is 0 Å². The predicted octanol–water partition coefficient (Wildman–Crippen LogP) is 2.72. The van der Waals surface area contributed by atoms with Crippen molar-refractivity contribution in [2.75, 3.05) is 0 Å². The van der Waals surface area contributed by atoms with Crippen LogP contribution in [0.4, 0.5) is 0 Å². The monoisotopic (exact) mass is 155 g/mol. The Hall–Kier alpha value is -0.300. The summed E-state index contributed by atoms with van der Waals surface area (Å²) in [7, 11) is 0. The highest BCUT2D eigenvalue weighted by Crippen LogP contribution is 2.18. The number of hydrogen-bond acceptors (Lipinski definition) is 1. The minimum Gasteiger partial charge on any atom is -0.324 e. The van der Waals surface area contributed by atoms with Crippen molar-refractivity contribution in [3.63, 3.8) is 0 Å². The molecule has 0 aromatic carbocycles. The average molecular weight is 155 g/mol. The molecule has 0 radical (unpaired) electrons. The first kappa shape index (κ1) is 10.7. The minimum absolute atomic E-state index is 0.224. The van der Waals surface area contributed by atoms with Crippen LogP contribution < -0.4 is 5.73 Å². The molecule has 0 aromatic heterocycles. The van der Waals surface area contributed by atoms with Gasteiger partial charge in [0.05, 0.1) is 0 Å². The maximum Gasteiger partial charge on any atom is 0.0227 e. The summed E-state index contributed by atoms with van der Waals surface area (Å²) in [5.41, 5.74) is 8.71. The summed E-state index contributed by atoms with van der Waals surface area (Å²) >= 11 is 0. The van der Waals surface area contributed by atoms with Crippen LogP contribution in [0.3, 0.4) is 0 Å². The maximum absolute atomic E-state index is 5.83. The summed E-state index contributed by atoms with van der Waals surface area (Å²) in [5.74, 6) is 0.635. The first-order valence-corrected chi connectivity index (χ1v) is 4.45. The summed E-state index contributed by atoms with van der Waals surface area (Å²) in [6, 6.07) is 0.224. The lowest BCUT2D eigenvalue weighted by atomic mass is 9.93. The molecule has 0 saturated heterocycles. The molecule has 0 amide bonds. The molecular weight excluding hydrogens is 134 g/mol. The Morgan fingerprint density at radius 2 is 1.73 bits per heavy atom. The molecule has 1 nitrogen and oxygen atoms in total. The fourth-order valence-corrected chi connectivity index (χ4v) is 1.33. The van der Waals surface area contributed by atoms with Crippen molar-refractivity contribution in [3.8, 4) is 0 Å². The van der Waals surface area contributed by atoms with Gasteiger partial charge in [-0.05, 0) is 26.2 Å². The van der Waals surface area contributed by atoms with Crippen molar-refractivity contribution in [3.05, 3.63) is 11.1 Å². The zero-order valence-electron chi connectivity index (χ0n) is 8.44. The summed E-state index contributed by atoms with van der Waals surface area (Å²) < 4.78 is 0. The van der Waals surface area contributed by atoms with Gasteiger partial charge in [0.25, 0.3) is 0 Å². The lowest BCUT2D eigenvalue weighted by Crippen LogP contribution is -2.19. The minimum atomic E-state index is 0.224. The molecule has 0 aromatic rings. The molecular formula is C10H21N. The fraction of sp³-hybridized carbons (Fsp3) is 0.800. The van der Waals surface area contributed by atoms with E-state index in [2.05, 4.69) is 34.6 Å². The van der Waals surface area contributed by atoms with E-state index >= 15 is 0 Å². The molecule has 0 fully saturated rings. The number of rotatable bonds is 3. The molecule has 0 heterocycles. The van der Waals surface area contributed by atoms with E-state index in [1.807, 2.05) is 0 Å². The second-order valence-electron chi connectivity index (χ2n) is 3.51. The summed E-state index contributed by atoms with van der Waals surface area (Å²) in [4.78, 5) is 0. The standard InChI is InChI=1S/C10H21N/c1-6-10(9(5)11)8(4)7(2)3/h7,9H,6,11H2,1-5H3/b10-8-. The van der Waals surface area contributed by atoms with E-state index in [1.54, 1.807) is 0 Å². The van der Waals surface area contributed by atoms with Gasteiger partial charge in [-0.15, -0.1) is 0 Å². The van der Waals surface area contributed by atoms with Gasteiger partial charge >= 0.3 is 0 Å². The summed E-state index contributed by atoms with van der Waals surface area (Å²) in [6.07, 6.45) is 1.08. The highest BCUT2D eigenvalue weighted by atomic mass is 14.6. The van der Waals surface area contributed by atoms with Crippen molar-refractivity contribution < 1.29 is 0 Å². The third-order valence-corrected chi connectivity index (χ3v) is 2.30. The highest BCUT2D eigenvalue weighted by Gasteiger charge is 2.07. The molecule has 0 aliphatic carbocycles. The molecule has 1 heteroatoms. The largest absolute Gasteiger partial charge is 0.324 e. The van der Waals surface area contributed by atoms with Gasteiger partial charge in [-0.2, -0.15) is 0 Å². The Bertz CT molecular complexity index is 143. The fourth-order valence-electron chi connectivity index (χ4n) is 1.33. The van der Waals surface area contributed by atoms with Crippen LogP contribution in [0.5, 0.6) is 0 Å². The van der Waals surface area contributed by atoms with Gasteiger partial charge in [0.2, 0.25) is 0 Å². The van der Waals surface area contributed by atoms with E-state index in [-0.39, 0.29) is 6.04 Å². The Morgan fingerprint density at radius 1 is 1.27 bits per heavy atom. The first-order chi connectivity index (χ1) is 5.00. The zero-order valence-corrected chi connectivity index (χ0v) is 8.44. The molecule has 0 rings (SSSR count). The van der Waals surface area contributed by atoms with Crippen LogP contribution in [-0.4, -0.2) is 6.04 Å². The smallest absolute Gasteiger partial charge is 0.0227 e. The molecule has 1 atom stereocenters. The Labute approximate surface area is 70.7 Å². The molecule has 0 saturated carbocycles. The lowest BCUT2D eigenvalue weighted by Gasteiger charge is -2.16. The third kappa shape index (κ3) is 3.06. The first-order valence-electron chi connectivity index (χ1n) is 4.45. The molecule has 0 bridgehead atoms. The Morgan fingerprint density at radius 3 is 1.82 bits per heavy atom.